The Bertz CT molecular complexity index is 600. The third-order valence-corrected chi connectivity index (χ3v) is 3.10. The second-order valence-electron chi connectivity index (χ2n) is 6.15. The van der Waals surface area contributed by atoms with Gasteiger partial charge >= 0.3 is 0 Å². The molecule has 0 radical (unpaired) electrons. The van der Waals surface area contributed by atoms with Crippen LogP contribution >= 0.6 is 0 Å². The Kier molecular flexibility index (Phi) is 4.63. The largest absolute Gasteiger partial charge is 0.436 e. The normalized spacial score (nSPS) is 11.7. The van der Waals surface area contributed by atoms with Gasteiger partial charge in [-0.2, -0.15) is 5.10 Å². The van der Waals surface area contributed by atoms with E-state index in [-0.39, 0.29) is 12.0 Å². The van der Waals surface area contributed by atoms with Crippen molar-refractivity contribution in [3.8, 4) is 11.6 Å². The van der Waals surface area contributed by atoms with Crippen molar-refractivity contribution in [2.45, 2.75) is 52.7 Å². The van der Waals surface area contributed by atoms with Crippen LogP contribution in [0, 0.1) is 0 Å². The lowest BCUT2D eigenvalue weighted by molar-refractivity contribution is 0.280. The van der Waals surface area contributed by atoms with Gasteiger partial charge in [0.25, 0.3) is 0 Å². The number of aliphatic hydroxyl groups is 1. The molecular formula is C16H23N3O2. The first-order chi connectivity index (χ1) is 9.92. The summed E-state index contributed by atoms with van der Waals surface area (Å²) >= 11 is 0. The Morgan fingerprint density at radius 1 is 1.29 bits per heavy atom. The summed E-state index contributed by atoms with van der Waals surface area (Å²) in [5.74, 6) is 1.15. The maximum Gasteiger partial charge on any atom is 0.219 e. The lowest BCUT2D eigenvalue weighted by Gasteiger charge is -2.19. The molecule has 2 aromatic rings. The monoisotopic (exact) mass is 289 g/mol. The van der Waals surface area contributed by atoms with Crippen molar-refractivity contribution < 1.29 is 9.84 Å². The Labute approximate surface area is 125 Å². The van der Waals surface area contributed by atoms with Gasteiger partial charge in [0.2, 0.25) is 5.88 Å². The standard InChI is InChI=1S/C16H23N3O2/c1-5-6-19-10-13(9-17-19)21-15-8-12(11-20)7-14(18-15)16(2,3)4/h7-10,20H,5-6,11H2,1-4H3. The number of nitrogens with zero attached hydrogens (tertiary/aromatic N) is 3. The first-order valence-corrected chi connectivity index (χ1v) is 7.25. The summed E-state index contributed by atoms with van der Waals surface area (Å²) in [6, 6.07) is 3.67. The van der Waals surface area contributed by atoms with Gasteiger partial charge < -0.3 is 9.84 Å². The second kappa shape index (κ2) is 6.26. The molecule has 2 heterocycles. The molecule has 0 atom stereocenters. The number of aromatic nitrogens is 3. The minimum Gasteiger partial charge on any atom is -0.436 e. The molecule has 0 unspecified atom stereocenters. The van der Waals surface area contributed by atoms with Gasteiger partial charge in [-0.15, -0.1) is 0 Å². The Morgan fingerprint density at radius 3 is 2.67 bits per heavy atom. The summed E-state index contributed by atoms with van der Waals surface area (Å²) in [6.45, 7) is 9.18. The van der Waals surface area contributed by atoms with Gasteiger partial charge in [-0.25, -0.2) is 4.98 Å². The summed E-state index contributed by atoms with van der Waals surface area (Å²) in [5, 5.41) is 13.6. The fraction of sp³-hybridized carbons (Fsp3) is 0.500. The average molecular weight is 289 g/mol. The first-order valence-electron chi connectivity index (χ1n) is 7.25. The molecule has 2 rings (SSSR count). The topological polar surface area (TPSA) is 60.2 Å². The minimum absolute atomic E-state index is 0.0307. The van der Waals surface area contributed by atoms with Crippen LogP contribution in [0.2, 0.25) is 0 Å². The number of hydrogen-bond acceptors (Lipinski definition) is 4. The molecule has 0 saturated heterocycles. The molecule has 21 heavy (non-hydrogen) atoms. The van der Waals surface area contributed by atoms with Crippen molar-refractivity contribution >= 4 is 0 Å². The molecule has 5 heteroatoms. The van der Waals surface area contributed by atoms with Crippen molar-refractivity contribution in [2.24, 2.45) is 0 Å². The summed E-state index contributed by atoms with van der Waals surface area (Å²) < 4.78 is 7.62. The minimum atomic E-state index is -0.102. The average Bonchev–Trinajstić information content (AvgIpc) is 2.85. The number of ether oxygens (including phenoxy) is 1. The van der Waals surface area contributed by atoms with E-state index >= 15 is 0 Å². The van der Waals surface area contributed by atoms with Gasteiger partial charge in [0.1, 0.15) is 0 Å². The lowest BCUT2D eigenvalue weighted by Crippen LogP contribution is -2.14. The van der Waals surface area contributed by atoms with E-state index in [2.05, 4.69) is 37.8 Å². The molecule has 0 spiro atoms. The van der Waals surface area contributed by atoms with Crippen LogP contribution in [0.25, 0.3) is 0 Å². The number of aryl methyl sites for hydroxylation is 1. The van der Waals surface area contributed by atoms with Gasteiger partial charge in [0.05, 0.1) is 24.7 Å². The first kappa shape index (κ1) is 15.5. The van der Waals surface area contributed by atoms with Crippen molar-refractivity contribution in [1.82, 2.24) is 14.8 Å². The molecule has 5 nitrogen and oxygen atoms in total. The van der Waals surface area contributed by atoms with E-state index in [1.165, 1.54) is 0 Å². The van der Waals surface area contributed by atoms with Gasteiger partial charge in [0.15, 0.2) is 5.75 Å². The highest BCUT2D eigenvalue weighted by atomic mass is 16.5. The van der Waals surface area contributed by atoms with Gasteiger partial charge in [-0.3, -0.25) is 4.68 Å². The molecule has 114 valence electrons. The van der Waals surface area contributed by atoms with Crippen LogP contribution in [0.5, 0.6) is 11.6 Å². The Morgan fingerprint density at radius 2 is 2.05 bits per heavy atom. The Balaban J connectivity index is 2.25. The number of pyridine rings is 1. The maximum atomic E-state index is 9.39. The van der Waals surface area contributed by atoms with E-state index in [0.29, 0.717) is 11.6 Å². The molecule has 0 saturated carbocycles. The summed E-state index contributed by atoms with van der Waals surface area (Å²) in [7, 11) is 0. The van der Waals surface area contributed by atoms with Gasteiger partial charge in [-0.05, 0) is 18.1 Å². The van der Waals surface area contributed by atoms with E-state index in [4.69, 9.17) is 4.74 Å². The smallest absolute Gasteiger partial charge is 0.219 e. The second-order valence-corrected chi connectivity index (χ2v) is 6.15. The molecule has 2 aromatic heterocycles. The Hall–Kier alpha value is -1.88. The fourth-order valence-electron chi connectivity index (χ4n) is 1.96. The van der Waals surface area contributed by atoms with Crippen LogP contribution in [0.15, 0.2) is 24.5 Å². The van der Waals surface area contributed by atoms with Crippen molar-refractivity contribution in [2.75, 3.05) is 0 Å². The van der Waals surface area contributed by atoms with Gasteiger partial charge in [-0.1, -0.05) is 27.7 Å². The zero-order valence-electron chi connectivity index (χ0n) is 13.1. The quantitative estimate of drug-likeness (QED) is 0.917. The molecule has 0 aliphatic heterocycles. The number of aliphatic hydroxyl groups excluding tert-OH is 1. The predicted molar refractivity (Wildman–Crippen MR) is 81.5 cm³/mol. The van der Waals surface area contributed by atoms with Crippen LogP contribution < -0.4 is 4.74 Å². The molecule has 0 aromatic carbocycles. The zero-order valence-corrected chi connectivity index (χ0v) is 13.1. The van der Waals surface area contributed by atoms with Crippen LogP contribution in [0.1, 0.15) is 45.4 Å². The van der Waals surface area contributed by atoms with E-state index in [0.717, 1.165) is 24.2 Å². The lowest BCUT2D eigenvalue weighted by atomic mass is 9.91. The summed E-state index contributed by atoms with van der Waals surface area (Å²) in [6.07, 6.45) is 4.56. The van der Waals surface area contributed by atoms with Crippen LogP contribution in [-0.2, 0) is 18.6 Å². The molecule has 0 fully saturated rings. The maximum absolute atomic E-state index is 9.39. The molecule has 0 bridgehead atoms. The molecule has 0 aliphatic rings. The van der Waals surface area contributed by atoms with Crippen LogP contribution in [0.3, 0.4) is 0 Å². The molecular weight excluding hydrogens is 266 g/mol. The summed E-state index contributed by atoms with van der Waals surface area (Å²) in [5.41, 5.74) is 1.59. The third-order valence-electron chi connectivity index (χ3n) is 3.10. The summed E-state index contributed by atoms with van der Waals surface area (Å²) in [4.78, 5) is 4.53. The highest BCUT2D eigenvalue weighted by Gasteiger charge is 2.18. The highest BCUT2D eigenvalue weighted by Crippen LogP contribution is 2.26. The number of hydrogen-bond donors (Lipinski definition) is 1. The zero-order chi connectivity index (χ0) is 15.5. The highest BCUT2D eigenvalue weighted by molar-refractivity contribution is 5.30. The molecule has 1 N–H and O–H groups in total. The van der Waals surface area contributed by atoms with Crippen molar-refractivity contribution in [3.63, 3.8) is 0 Å². The van der Waals surface area contributed by atoms with Crippen molar-refractivity contribution in [1.29, 1.82) is 0 Å². The molecule has 0 amide bonds. The SMILES string of the molecule is CCCn1cc(Oc2cc(CO)cc(C(C)(C)C)n2)cn1. The van der Waals surface area contributed by atoms with E-state index in [1.54, 1.807) is 12.3 Å². The predicted octanol–water partition coefficient (Wildman–Crippen LogP) is 3.27. The molecule has 0 aliphatic carbocycles. The number of rotatable bonds is 5. The fourth-order valence-corrected chi connectivity index (χ4v) is 1.96. The van der Waals surface area contributed by atoms with Crippen LogP contribution in [0.4, 0.5) is 0 Å². The van der Waals surface area contributed by atoms with Crippen molar-refractivity contribution in [3.05, 3.63) is 35.8 Å². The third kappa shape index (κ3) is 4.04. The van der Waals surface area contributed by atoms with Gasteiger partial charge in [0, 0.05) is 18.0 Å². The van der Waals surface area contributed by atoms with E-state index in [1.807, 2.05) is 16.9 Å². The van der Waals surface area contributed by atoms with E-state index in [9.17, 15) is 5.11 Å². The van der Waals surface area contributed by atoms with E-state index < -0.39 is 0 Å². The van der Waals surface area contributed by atoms with Crippen LogP contribution in [-0.4, -0.2) is 19.9 Å².